The predicted octanol–water partition coefficient (Wildman–Crippen LogP) is 3.12. The van der Waals surface area contributed by atoms with Crippen molar-refractivity contribution in [1.82, 2.24) is 4.90 Å². The van der Waals surface area contributed by atoms with E-state index in [1.54, 1.807) is 18.2 Å². The van der Waals surface area contributed by atoms with Crippen LogP contribution >= 0.6 is 11.6 Å². The van der Waals surface area contributed by atoms with E-state index in [9.17, 15) is 4.39 Å². The first-order valence-electron chi connectivity index (χ1n) is 7.73. The Morgan fingerprint density at radius 2 is 2.19 bits per heavy atom. The van der Waals surface area contributed by atoms with Crippen LogP contribution in [0.3, 0.4) is 0 Å². The highest BCUT2D eigenvalue weighted by Crippen LogP contribution is 2.35. The molecule has 0 radical (unpaired) electrons. The van der Waals surface area contributed by atoms with Gasteiger partial charge in [0.05, 0.1) is 23.8 Å². The van der Waals surface area contributed by atoms with Gasteiger partial charge >= 0.3 is 0 Å². The maximum absolute atomic E-state index is 14.4. The normalized spacial score (nSPS) is 28.1. The van der Waals surface area contributed by atoms with Crippen LogP contribution in [0.1, 0.15) is 37.3 Å². The Kier molecular flexibility index (Phi) is 4.79. The summed E-state index contributed by atoms with van der Waals surface area (Å²) >= 11 is 5.93. The van der Waals surface area contributed by atoms with Crippen molar-refractivity contribution in [2.24, 2.45) is 5.73 Å². The van der Waals surface area contributed by atoms with Gasteiger partial charge in [0.2, 0.25) is 0 Å². The van der Waals surface area contributed by atoms with Crippen molar-refractivity contribution >= 4 is 11.6 Å². The van der Waals surface area contributed by atoms with Gasteiger partial charge in [-0.1, -0.05) is 36.6 Å². The molecule has 2 N–H and O–H groups in total. The van der Waals surface area contributed by atoms with Crippen LogP contribution in [-0.4, -0.2) is 36.7 Å². The summed E-state index contributed by atoms with van der Waals surface area (Å²) in [5.74, 6) is -0.339. The summed E-state index contributed by atoms with van der Waals surface area (Å²) in [5.41, 5.74) is 6.59. The van der Waals surface area contributed by atoms with E-state index in [1.165, 1.54) is 12.8 Å². The lowest BCUT2D eigenvalue weighted by atomic mass is 9.88. The fourth-order valence-corrected chi connectivity index (χ4v) is 3.91. The van der Waals surface area contributed by atoms with Crippen LogP contribution in [-0.2, 0) is 4.74 Å². The van der Waals surface area contributed by atoms with E-state index in [0.717, 1.165) is 19.4 Å². The number of rotatable bonds is 3. The number of nitrogens with zero attached hydrogens (tertiary/aromatic N) is 1. The molecule has 2 fully saturated rings. The van der Waals surface area contributed by atoms with Gasteiger partial charge in [0, 0.05) is 24.7 Å². The van der Waals surface area contributed by atoms with Crippen molar-refractivity contribution in [2.45, 2.75) is 43.9 Å². The minimum atomic E-state index is -0.339. The van der Waals surface area contributed by atoms with Crippen molar-refractivity contribution in [3.63, 3.8) is 0 Å². The largest absolute Gasteiger partial charge is 0.375 e. The third kappa shape index (κ3) is 2.95. The highest BCUT2D eigenvalue weighted by molar-refractivity contribution is 6.30. The Bertz CT molecular complexity index is 497. The van der Waals surface area contributed by atoms with Gasteiger partial charge in [-0.15, -0.1) is 0 Å². The molecule has 3 nitrogen and oxygen atoms in total. The lowest BCUT2D eigenvalue weighted by Crippen LogP contribution is -2.55. The maximum Gasteiger partial charge on any atom is 0.146 e. The summed E-state index contributed by atoms with van der Waals surface area (Å²) in [6.07, 6.45) is 4.88. The first kappa shape index (κ1) is 15.2. The highest BCUT2D eigenvalue weighted by atomic mass is 35.5. The van der Waals surface area contributed by atoms with E-state index in [0.29, 0.717) is 24.8 Å². The minimum absolute atomic E-state index is 0.127. The third-order valence-corrected chi connectivity index (χ3v) is 5.03. The van der Waals surface area contributed by atoms with Gasteiger partial charge in [0.15, 0.2) is 0 Å². The fraction of sp³-hybridized carbons (Fsp3) is 0.625. The second-order valence-electron chi connectivity index (χ2n) is 5.89. The lowest BCUT2D eigenvalue weighted by molar-refractivity contribution is -0.102. The van der Waals surface area contributed by atoms with Gasteiger partial charge in [0.25, 0.3) is 0 Å². The molecule has 1 saturated heterocycles. The number of morpholine rings is 1. The summed E-state index contributed by atoms with van der Waals surface area (Å²) in [7, 11) is 0. The molecule has 1 aromatic carbocycles. The van der Waals surface area contributed by atoms with E-state index in [-0.39, 0.29) is 23.0 Å². The molecule has 0 bridgehead atoms. The number of hydrogen-bond acceptors (Lipinski definition) is 3. The van der Waals surface area contributed by atoms with Gasteiger partial charge in [-0.05, 0) is 18.9 Å². The predicted molar refractivity (Wildman–Crippen MR) is 81.9 cm³/mol. The SMILES string of the molecule is NCC(c1cccc(Cl)c1F)N1CCOC2CCCCC21. The average molecular weight is 313 g/mol. The van der Waals surface area contributed by atoms with E-state index < -0.39 is 0 Å². The Morgan fingerprint density at radius 3 is 3.00 bits per heavy atom. The summed E-state index contributed by atoms with van der Waals surface area (Å²) in [6.45, 7) is 1.88. The highest BCUT2D eigenvalue weighted by Gasteiger charge is 2.38. The quantitative estimate of drug-likeness (QED) is 0.932. The lowest BCUT2D eigenvalue weighted by Gasteiger charge is -2.47. The Morgan fingerprint density at radius 1 is 1.38 bits per heavy atom. The molecule has 0 aromatic heterocycles. The number of halogens is 2. The van der Waals surface area contributed by atoms with Crippen molar-refractivity contribution in [3.05, 3.63) is 34.6 Å². The van der Waals surface area contributed by atoms with E-state index in [2.05, 4.69) is 4.90 Å². The van der Waals surface area contributed by atoms with Crippen molar-refractivity contribution in [1.29, 1.82) is 0 Å². The van der Waals surface area contributed by atoms with Gasteiger partial charge in [-0.2, -0.15) is 0 Å². The topological polar surface area (TPSA) is 38.5 Å². The van der Waals surface area contributed by atoms with Crippen LogP contribution in [0.25, 0.3) is 0 Å². The minimum Gasteiger partial charge on any atom is -0.375 e. The molecule has 1 saturated carbocycles. The maximum atomic E-state index is 14.4. The monoisotopic (exact) mass is 312 g/mol. The summed E-state index contributed by atoms with van der Waals surface area (Å²) < 4.78 is 20.3. The zero-order valence-electron chi connectivity index (χ0n) is 12.1. The smallest absolute Gasteiger partial charge is 0.146 e. The molecular weight excluding hydrogens is 291 g/mol. The molecule has 0 spiro atoms. The second-order valence-corrected chi connectivity index (χ2v) is 6.30. The Balaban J connectivity index is 1.89. The van der Waals surface area contributed by atoms with Crippen LogP contribution < -0.4 is 5.73 Å². The standard InChI is InChI=1S/C16H22ClFN2O/c17-12-5-3-4-11(16(12)18)14(10-19)20-8-9-21-15-7-2-1-6-13(15)20/h3-5,13-15H,1-2,6-10,19H2. The third-order valence-electron chi connectivity index (χ3n) is 4.74. The second kappa shape index (κ2) is 6.61. The van der Waals surface area contributed by atoms with Crippen LogP contribution in [0.4, 0.5) is 4.39 Å². The summed E-state index contributed by atoms with van der Waals surface area (Å²) in [5, 5.41) is 0.166. The molecule has 2 aliphatic rings. The van der Waals surface area contributed by atoms with Crippen molar-refractivity contribution in [3.8, 4) is 0 Å². The molecule has 1 aliphatic heterocycles. The van der Waals surface area contributed by atoms with Crippen LogP contribution in [0, 0.1) is 5.82 Å². The zero-order chi connectivity index (χ0) is 14.8. The zero-order valence-corrected chi connectivity index (χ0v) is 12.9. The van der Waals surface area contributed by atoms with E-state index >= 15 is 0 Å². The molecule has 1 aliphatic carbocycles. The molecule has 3 rings (SSSR count). The van der Waals surface area contributed by atoms with E-state index in [4.69, 9.17) is 22.1 Å². The van der Waals surface area contributed by atoms with Crippen LogP contribution in [0.5, 0.6) is 0 Å². The van der Waals surface area contributed by atoms with Gasteiger partial charge < -0.3 is 10.5 Å². The molecular formula is C16H22ClFN2O. The first-order valence-corrected chi connectivity index (χ1v) is 8.11. The molecule has 0 amide bonds. The van der Waals surface area contributed by atoms with Gasteiger partial charge in [0.1, 0.15) is 5.82 Å². The summed E-state index contributed by atoms with van der Waals surface area (Å²) in [4.78, 5) is 2.34. The van der Waals surface area contributed by atoms with Crippen molar-refractivity contribution in [2.75, 3.05) is 19.7 Å². The van der Waals surface area contributed by atoms with Crippen LogP contribution in [0.2, 0.25) is 5.02 Å². The molecule has 3 atom stereocenters. The first-order chi connectivity index (χ1) is 10.2. The molecule has 21 heavy (non-hydrogen) atoms. The van der Waals surface area contributed by atoms with Crippen LogP contribution in [0.15, 0.2) is 18.2 Å². The van der Waals surface area contributed by atoms with E-state index in [1.807, 2.05) is 0 Å². The molecule has 3 unspecified atom stereocenters. The number of hydrogen-bond donors (Lipinski definition) is 1. The van der Waals surface area contributed by atoms with Gasteiger partial charge in [-0.25, -0.2) is 4.39 Å². The van der Waals surface area contributed by atoms with Gasteiger partial charge in [-0.3, -0.25) is 4.90 Å². The number of nitrogens with two attached hydrogens (primary N) is 1. The molecule has 1 heterocycles. The molecule has 1 aromatic rings. The average Bonchev–Trinajstić information content (AvgIpc) is 2.52. The summed E-state index contributed by atoms with van der Waals surface area (Å²) in [6, 6.07) is 5.39. The fourth-order valence-electron chi connectivity index (χ4n) is 3.73. The number of benzene rings is 1. The molecule has 116 valence electrons. The number of fused-ring (bicyclic) bond motifs is 1. The Hall–Kier alpha value is -0.680. The Labute approximate surface area is 130 Å². The van der Waals surface area contributed by atoms with Crippen molar-refractivity contribution < 1.29 is 9.13 Å². The molecule has 5 heteroatoms. The number of ether oxygens (including phenoxy) is 1.